The van der Waals surface area contributed by atoms with Gasteiger partial charge in [-0.25, -0.2) is 0 Å². The predicted octanol–water partition coefficient (Wildman–Crippen LogP) is 4.10. The van der Waals surface area contributed by atoms with Crippen LogP contribution < -0.4 is 0 Å². The van der Waals surface area contributed by atoms with Crippen molar-refractivity contribution in [2.45, 2.75) is 24.2 Å². The zero-order valence-electron chi connectivity index (χ0n) is 8.96. The van der Waals surface area contributed by atoms with Crippen LogP contribution >= 0.6 is 31.9 Å². The minimum atomic E-state index is -0.0248. The van der Waals surface area contributed by atoms with E-state index in [1.807, 2.05) is 0 Å². The van der Waals surface area contributed by atoms with Gasteiger partial charge in [-0.3, -0.25) is 4.79 Å². The topological polar surface area (TPSA) is 37.3 Å². The van der Waals surface area contributed by atoms with Crippen LogP contribution in [0.1, 0.15) is 30.1 Å². The van der Waals surface area contributed by atoms with Crippen molar-refractivity contribution in [2.75, 3.05) is 0 Å². The Morgan fingerprint density at radius 3 is 2.44 bits per heavy atom. The Bertz CT molecular complexity index is 341. The molecule has 0 aliphatic carbocycles. The third kappa shape index (κ3) is 6.25. The number of halogens is 2. The van der Waals surface area contributed by atoms with Crippen LogP contribution in [-0.4, -0.2) is 33.9 Å². The Labute approximate surface area is 126 Å². The molecule has 1 aromatic carbocycles. The maximum Gasteiger partial charge on any atom is 0.153 e. The van der Waals surface area contributed by atoms with E-state index in [-0.39, 0.29) is 11.3 Å². The number of phenolic OH excluding ortho intramolecular Hbond substituents is 1. The second-order valence-electron chi connectivity index (χ2n) is 3.05. The summed E-state index contributed by atoms with van der Waals surface area (Å²) in [7, 11) is 0. The molecule has 0 saturated carbocycles. The van der Waals surface area contributed by atoms with Gasteiger partial charge in [0.25, 0.3) is 0 Å². The van der Waals surface area contributed by atoms with Crippen LogP contribution in [-0.2, 0) is 0 Å². The standard InChI is InChI=1S/C7H4Br2O2.C4H9.Sn/c8-5-1-4(3-10)7(11)6(9)2-5;1-3-4-2;/h1-3,11H;1,3-4H2,2H3;. The molecule has 0 saturated heterocycles. The number of unbranched alkanes of at least 4 members (excludes halogenated alkanes) is 1. The van der Waals surface area contributed by atoms with Crippen LogP contribution in [0.15, 0.2) is 21.1 Å². The molecule has 5 heteroatoms. The molecule has 87 valence electrons. The van der Waals surface area contributed by atoms with Gasteiger partial charge in [0.05, 0.1) is 10.0 Å². The van der Waals surface area contributed by atoms with Crippen LogP contribution in [0.3, 0.4) is 0 Å². The zero-order chi connectivity index (χ0) is 12.6. The van der Waals surface area contributed by atoms with Crippen LogP contribution in [0.25, 0.3) is 0 Å². The molecule has 1 N–H and O–H groups in total. The zero-order valence-corrected chi connectivity index (χ0v) is 15.0. The van der Waals surface area contributed by atoms with Crippen molar-refractivity contribution in [2.24, 2.45) is 0 Å². The van der Waals surface area contributed by atoms with Gasteiger partial charge in [-0.2, -0.15) is 0 Å². The smallest absolute Gasteiger partial charge is 0.153 e. The molecule has 0 atom stereocenters. The van der Waals surface area contributed by atoms with E-state index in [1.165, 1.54) is 17.3 Å². The van der Waals surface area contributed by atoms with Crippen molar-refractivity contribution < 1.29 is 9.90 Å². The van der Waals surface area contributed by atoms with Gasteiger partial charge in [-0.15, -0.1) is 0 Å². The Morgan fingerprint density at radius 2 is 2.06 bits per heavy atom. The Hall–Kier alpha value is 0.449. The van der Waals surface area contributed by atoms with Crippen LogP contribution in [0, 0.1) is 0 Å². The van der Waals surface area contributed by atoms with Crippen molar-refractivity contribution in [1.29, 1.82) is 0 Å². The molecule has 2 nitrogen and oxygen atoms in total. The van der Waals surface area contributed by atoms with E-state index in [0.717, 1.165) is 4.47 Å². The number of benzene rings is 1. The molecular formula is C11H13Br2O2Sn. The van der Waals surface area contributed by atoms with E-state index in [2.05, 4.69) is 38.8 Å². The molecular weight excluding hydrogens is 443 g/mol. The van der Waals surface area contributed by atoms with Crippen molar-refractivity contribution in [3.8, 4) is 5.75 Å². The third-order valence-corrected chi connectivity index (χ3v) is 3.79. The van der Waals surface area contributed by atoms with Crippen LogP contribution in [0.2, 0.25) is 4.44 Å². The molecule has 3 radical (unpaired) electrons. The number of carbonyl (C=O) groups is 1. The average molecular weight is 456 g/mol. The SMILES string of the molecule is CCC[CH2][Sn].O=Cc1cc(Br)cc(Br)c1O. The van der Waals surface area contributed by atoms with Crippen molar-refractivity contribution in [3.05, 3.63) is 26.6 Å². The Balaban J connectivity index is 0.000000385. The number of aromatic hydroxyl groups is 1. The van der Waals surface area contributed by atoms with Gasteiger partial charge < -0.3 is 5.11 Å². The van der Waals surface area contributed by atoms with E-state index in [0.29, 0.717) is 10.8 Å². The van der Waals surface area contributed by atoms with Crippen LogP contribution in [0.4, 0.5) is 0 Å². The number of hydrogen-bond donors (Lipinski definition) is 1. The molecule has 0 spiro atoms. The van der Waals surface area contributed by atoms with Crippen molar-refractivity contribution in [1.82, 2.24) is 0 Å². The van der Waals surface area contributed by atoms with Gasteiger partial charge in [-0.1, -0.05) is 15.9 Å². The molecule has 0 aromatic heterocycles. The fourth-order valence-electron chi connectivity index (χ4n) is 0.852. The molecule has 0 aliphatic heterocycles. The van der Waals surface area contributed by atoms with Gasteiger partial charge in [0.1, 0.15) is 5.75 Å². The maximum absolute atomic E-state index is 10.3. The van der Waals surface area contributed by atoms with E-state index in [1.54, 1.807) is 34.7 Å². The minimum absolute atomic E-state index is 0.0248. The normalized spacial score (nSPS) is 9.25. The summed E-state index contributed by atoms with van der Waals surface area (Å²) in [6.45, 7) is 2.23. The largest absolute Gasteiger partial charge is 0.506 e. The molecule has 16 heavy (non-hydrogen) atoms. The van der Waals surface area contributed by atoms with Crippen LogP contribution in [0.5, 0.6) is 5.75 Å². The minimum Gasteiger partial charge on any atom is -0.506 e. The average Bonchev–Trinajstić information content (AvgIpc) is 2.25. The van der Waals surface area contributed by atoms with E-state index < -0.39 is 0 Å². The molecule has 0 unspecified atom stereocenters. The van der Waals surface area contributed by atoms with Gasteiger partial charge in [0, 0.05) is 4.47 Å². The number of aldehydes is 1. The second kappa shape index (κ2) is 9.48. The predicted molar refractivity (Wildman–Crippen MR) is 74.4 cm³/mol. The molecule has 0 heterocycles. The number of phenols is 1. The first-order valence-electron chi connectivity index (χ1n) is 4.84. The molecule has 1 rings (SSSR count). The fraction of sp³-hybridized carbons (Fsp3) is 0.364. The molecule has 0 bridgehead atoms. The van der Waals surface area contributed by atoms with Gasteiger partial charge in [-0.05, 0) is 28.1 Å². The summed E-state index contributed by atoms with van der Waals surface area (Å²) in [5.41, 5.74) is 0.270. The first-order valence-corrected chi connectivity index (χ1v) is 8.45. The molecule has 0 amide bonds. The third-order valence-electron chi connectivity index (χ3n) is 1.71. The van der Waals surface area contributed by atoms with Gasteiger partial charge in [0.2, 0.25) is 0 Å². The first-order chi connectivity index (χ1) is 7.56. The molecule has 0 fully saturated rings. The summed E-state index contributed by atoms with van der Waals surface area (Å²) < 4.78 is 2.70. The van der Waals surface area contributed by atoms with Crippen molar-refractivity contribution >= 4 is 60.7 Å². The second-order valence-corrected chi connectivity index (χ2v) is 6.24. The summed E-state index contributed by atoms with van der Waals surface area (Å²) >= 11 is 7.97. The quantitative estimate of drug-likeness (QED) is 0.550. The Kier molecular flexibility index (Phi) is 9.74. The number of carbonyl (C=O) groups excluding carboxylic acids is 1. The van der Waals surface area contributed by atoms with Gasteiger partial charge >= 0.3 is 46.7 Å². The summed E-state index contributed by atoms with van der Waals surface area (Å²) in [4.78, 5) is 10.3. The fourth-order valence-corrected chi connectivity index (χ4v) is 3.12. The summed E-state index contributed by atoms with van der Waals surface area (Å²) in [5.74, 6) is -0.0248. The number of rotatable bonds is 3. The van der Waals surface area contributed by atoms with Gasteiger partial charge in [0.15, 0.2) is 6.29 Å². The monoisotopic (exact) mass is 455 g/mol. The summed E-state index contributed by atoms with van der Waals surface area (Å²) in [5, 5.41) is 9.22. The maximum atomic E-state index is 10.3. The van der Waals surface area contributed by atoms with E-state index >= 15 is 0 Å². The summed E-state index contributed by atoms with van der Waals surface area (Å²) in [6, 6.07) is 3.22. The van der Waals surface area contributed by atoms with E-state index in [4.69, 9.17) is 0 Å². The Morgan fingerprint density at radius 1 is 1.44 bits per heavy atom. The van der Waals surface area contributed by atoms with E-state index in [9.17, 15) is 9.90 Å². The van der Waals surface area contributed by atoms with Crippen molar-refractivity contribution in [3.63, 3.8) is 0 Å². The molecule has 0 aliphatic rings. The summed E-state index contributed by atoms with van der Waals surface area (Å²) in [6.07, 6.45) is 3.40. The first kappa shape index (κ1) is 16.4. The molecule has 1 aromatic rings. The number of hydrogen-bond acceptors (Lipinski definition) is 2.